The Labute approximate surface area is 130 Å². The topological polar surface area (TPSA) is 128 Å². The first-order valence-electron chi connectivity index (χ1n) is 4.74. The summed E-state index contributed by atoms with van der Waals surface area (Å²) in [7, 11) is -4.85. The second-order valence-corrected chi connectivity index (χ2v) is 4.96. The summed E-state index contributed by atoms with van der Waals surface area (Å²) in [4.78, 5) is 25.4. The van der Waals surface area contributed by atoms with Crippen molar-refractivity contribution in [3.8, 4) is 0 Å². The number of fused-ring (bicyclic) bond motifs is 1. The third-order valence-electron chi connectivity index (χ3n) is 2.53. The number of nitrogens with zero attached hydrogens (tertiary/aromatic N) is 2. The Kier molecular flexibility index (Phi) is 4.57. The van der Waals surface area contributed by atoms with Crippen LogP contribution in [-0.4, -0.2) is 35.0 Å². The molecule has 92 valence electrons. The van der Waals surface area contributed by atoms with E-state index in [0.29, 0.717) is 0 Å². The van der Waals surface area contributed by atoms with Gasteiger partial charge in [0, 0.05) is 11.1 Å². The van der Waals surface area contributed by atoms with Gasteiger partial charge in [-0.2, -0.15) is 4.79 Å². The van der Waals surface area contributed by atoms with Crippen LogP contribution in [-0.2, 0) is 10.1 Å². The molecule has 0 bridgehead atoms. The molecule has 19 heavy (non-hydrogen) atoms. The first-order valence-corrected chi connectivity index (χ1v) is 6.15. The van der Waals surface area contributed by atoms with E-state index in [1.165, 1.54) is 12.1 Å². The van der Waals surface area contributed by atoms with Crippen LogP contribution in [0.1, 0.15) is 27.1 Å². The molecule has 1 aromatic rings. The maximum atomic E-state index is 11.7. The standard InChI is InChI=1S/C10H6N2O5S.Na/c11-12-6-4-7(13)9-5(10(6)14)2-1-3-8(9)18(15,16)17;/h1-3H,4H2,(H,15,16,17);/q;+1/p-1. The Bertz CT molecular complexity index is 734. The smallest absolute Gasteiger partial charge is 0.744 e. The number of Topliss-reactive ketones (excluding diaryl/α,β-unsaturated/α-hetero) is 2. The molecule has 0 radical (unpaired) electrons. The Morgan fingerprint density at radius 3 is 2.42 bits per heavy atom. The second kappa shape index (κ2) is 5.46. The van der Waals surface area contributed by atoms with E-state index in [0.717, 1.165) is 6.07 Å². The summed E-state index contributed by atoms with van der Waals surface area (Å²) in [5, 5.41) is 0. The van der Waals surface area contributed by atoms with Crippen molar-refractivity contribution in [1.29, 1.82) is 0 Å². The summed E-state index contributed by atoms with van der Waals surface area (Å²) in [6, 6.07) is 3.34. The molecule has 0 amide bonds. The molecule has 0 fully saturated rings. The fourth-order valence-electron chi connectivity index (χ4n) is 1.77. The van der Waals surface area contributed by atoms with Crippen LogP contribution in [0.2, 0.25) is 0 Å². The van der Waals surface area contributed by atoms with Gasteiger partial charge in [0.05, 0.1) is 4.90 Å². The van der Waals surface area contributed by atoms with Gasteiger partial charge in [-0.05, 0) is 12.1 Å². The largest absolute Gasteiger partial charge is 1.00 e. The molecule has 0 aromatic heterocycles. The van der Waals surface area contributed by atoms with Crippen LogP contribution in [0, 0.1) is 0 Å². The summed E-state index contributed by atoms with van der Waals surface area (Å²) in [5.41, 5.74) is 7.52. The molecule has 0 saturated heterocycles. The Morgan fingerprint density at radius 2 is 1.89 bits per heavy atom. The third kappa shape index (κ3) is 2.74. The SMILES string of the molecule is [N-]=[N+]=C1CC(=O)c2c(cccc2S(=O)(=O)[O-])C1=O.[Na+]. The normalized spacial score (nSPS) is 14.5. The minimum absolute atomic E-state index is 0. The third-order valence-corrected chi connectivity index (χ3v) is 3.41. The van der Waals surface area contributed by atoms with Gasteiger partial charge in [0.2, 0.25) is 0 Å². The molecule has 0 spiro atoms. The summed E-state index contributed by atoms with van der Waals surface area (Å²) in [6.45, 7) is 0. The van der Waals surface area contributed by atoms with Gasteiger partial charge in [0.25, 0.3) is 5.78 Å². The molecule has 2 rings (SSSR count). The van der Waals surface area contributed by atoms with Crippen LogP contribution >= 0.6 is 0 Å². The molecule has 1 aliphatic rings. The molecule has 0 atom stereocenters. The van der Waals surface area contributed by atoms with Crippen molar-refractivity contribution in [3.63, 3.8) is 0 Å². The molecule has 9 heteroatoms. The van der Waals surface area contributed by atoms with Gasteiger partial charge in [-0.1, -0.05) is 6.07 Å². The fraction of sp³-hybridized carbons (Fsp3) is 0.100. The van der Waals surface area contributed by atoms with Crippen molar-refractivity contribution in [1.82, 2.24) is 0 Å². The number of ketones is 2. The number of hydrogen-bond donors (Lipinski definition) is 0. The summed E-state index contributed by atoms with van der Waals surface area (Å²) in [5.74, 6) is -1.51. The Balaban J connectivity index is 0.00000180. The van der Waals surface area contributed by atoms with Gasteiger partial charge < -0.3 is 10.1 Å². The number of hydrogen-bond acceptors (Lipinski definition) is 5. The van der Waals surface area contributed by atoms with Crippen molar-refractivity contribution in [2.75, 3.05) is 0 Å². The monoisotopic (exact) mass is 288 g/mol. The molecule has 0 unspecified atom stereocenters. The second-order valence-electron chi connectivity index (χ2n) is 3.61. The van der Waals surface area contributed by atoms with Gasteiger partial charge >= 0.3 is 35.3 Å². The maximum absolute atomic E-state index is 11.7. The molecule has 0 aliphatic heterocycles. The summed E-state index contributed by atoms with van der Waals surface area (Å²) < 4.78 is 33.0. The number of benzene rings is 1. The van der Waals surface area contributed by atoms with E-state index in [4.69, 9.17) is 5.53 Å². The molecule has 7 nitrogen and oxygen atoms in total. The van der Waals surface area contributed by atoms with Crippen molar-refractivity contribution in [2.24, 2.45) is 0 Å². The van der Waals surface area contributed by atoms with E-state index in [-0.39, 0.29) is 40.8 Å². The molecule has 0 saturated carbocycles. The van der Waals surface area contributed by atoms with Gasteiger partial charge in [0.1, 0.15) is 16.5 Å². The molecule has 0 heterocycles. The van der Waals surface area contributed by atoms with Crippen LogP contribution in [0.15, 0.2) is 23.1 Å². The van der Waals surface area contributed by atoms with E-state index in [2.05, 4.69) is 4.79 Å². The number of rotatable bonds is 1. The minimum Gasteiger partial charge on any atom is -0.744 e. The Morgan fingerprint density at radius 1 is 1.26 bits per heavy atom. The number of carbonyl (C=O) groups excluding carboxylic acids is 2. The van der Waals surface area contributed by atoms with E-state index in [1.54, 1.807) is 0 Å². The van der Waals surface area contributed by atoms with Gasteiger partial charge in [-0.15, -0.1) is 0 Å². The fourth-order valence-corrected chi connectivity index (χ4v) is 2.49. The zero-order valence-electron chi connectivity index (χ0n) is 9.78. The summed E-state index contributed by atoms with van der Waals surface area (Å²) in [6.07, 6.45) is -0.533. The maximum Gasteiger partial charge on any atom is 1.00 e. The summed E-state index contributed by atoms with van der Waals surface area (Å²) >= 11 is 0. The predicted octanol–water partition coefficient (Wildman–Crippen LogP) is -2.97. The van der Waals surface area contributed by atoms with Crippen LogP contribution in [0.3, 0.4) is 0 Å². The average Bonchev–Trinajstić information content (AvgIpc) is 2.31. The molecule has 1 aliphatic carbocycles. The van der Waals surface area contributed by atoms with E-state index >= 15 is 0 Å². The predicted molar refractivity (Wildman–Crippen MR) is 56.3 cm³/mol. The molecule has 0 N–H and O–H groups in total. The zero-order chi connectivity index (χ0) is 13.5. The van der Waals surface area contributed by atoms with Crippen LogP contribution in [0.25, 0.3) is 5.53 Å². The van der Waals surface area contributed by atoms with Crippen molar-refractivity contribution < 1.29 is 56.9 Å². The van der Waals surface area contributed by atoms with Crippen LogP contribution < -0.4 is 29.6 Å². The molecule has 1 aromatic carbocycles. The van der Waals surface area contributed by atoms with E-state index in [1.807, 2.05) is 0 Å². The molecular weight excluding hydrogens is 283 g/mol. The van der Waals surface area contributed by atoms with Crippen molar-refractivity contribution in [2.45, 2.75) is 11.3 Å². The quantitative estimate of drug-likeness (QED) is 0.236. The number of carbonyl (C=O) groups is 2. The minimum atomic E-state index is -4.85. The Hall–Kier alpha value is -1.15. The van der Waals surface area contributed by atoms with Crippen LogP contribution in [0.4, 0.5) is 0 Å². The van der Waals surface area contributed by atoms with E-state index in [9.17, 15) is 22.6 Å². The van der Waals surface area contributed by atoms with Gasteiger partial charge in [-0.25, -0.2) is 8.42 Å². The first-order chi connectivity index (χ1) is 8.36. The first kappa shape index (κ1) is 15.9. The van der Waals surface area contributed by atoms with Crippen molar-refractivity contribution >= 4 is 27.4 Å². The van der Waals surface area contributed by atoms with Crippen molar-refractivity contribution in [3.05, 3.63) is 34.9 Å². The zero-order valence-corrected chi connectivity index (χ0v) is 12.6. The van der Waals surface area contributed by atoms with Gasteiger partial charge in [0.15, 0.2) is 5.78 Å². The van der Waals surface area contributed by atoms with Crippen LogP contribution in [0.5, 0.6) is 0 Å². The van der Waals surface area contributed by atoms with E-state index < -0.39 is 38.6 Å². The molecular formula is C10H5N2NaO5S. The van der Waals surface area contributed by atoms with Gasteiger partial charge in [-0.3, -0.25) is 9.59 Å². The average molecular weight is 288 g/mol.